The van der Waals surface area contributed by atoms with E-state index < -0.39 is 0 Å². The first kappa shape index (κ1) is 13.0. The van der Waals surface area contributed by atoms with E-state index in [1.807, 2.05) is 18.2 Å². The van der Waals surface area contributed by atoms with Crippen molar-refractivity contribution in [2.45, 2.75) is 20.0 Å². The van der Waals surface area contributed by atoms with Crippen molar-refractivity contribution in [2.24, 2.45) is 0 Å². The van der Waals surface area contributed by atoms with Gasteiger partial charge in [0.2, 0.25) is 0 Å². The van der Waals surface area contributed by atoms with Crippen LogP contribution in [0.4, 0.5) is 5.69 Å². The molecule has 4 heteroatoms. The van der Waals surface area contributed by atoms with Crippen LogP contribution in [-0.2, 0) is 13.1 Å². The topological polar surface area (TPSA) is 26.2 Å². The highest BCUT2D eigenvalue weighted by atomic mass is 79.9. The number of aryl methyl sites for hydroxylation is 1. The van der Waals surface area contributed by atoms with Gasteiger partial charge < -0.3 is 14.6 Å². The van der Waals surface area contributed by atoms with Gasteiger partial charge >= 0.3 is 0 Å². The van der Waals surface area contributed by atoms with Gasteiger partial charge in [0.15, 0.2) is 0 Å². The summed E-state index contributed by atoms with van der Waals surface area (Å²) in [4.78, 5) is 0. The van der Waals surface area contributed by atoms with Crippen LogP contribution in [-0.4, -0.2) is 11.7 Å². The Morgan fingerprint density at radius 3 is 2.83 bits per heavy atom. The number of nitrogens with zero attached hydrogens (tertiary/aromatic N) is 1. The van der Waals surface area contributed by atoms with E-state index in [9.17, 15) is 0 Å². The van der Waals surface area contributed by atoms with Gasteiger partial charge in [-0.05, 0) is 46.6 Å². The minimum Gasteiger partial charge on any atom is -0.495 e. The molecular weight excluding hydrogens is 292 g/mol. The summed E-state index contributed by atoms with van der Waals surface area (Å²) in [7, 11) is 1.67. The van der Waals surface area contributed by atoms with E-state index in [0.717, 1.165) is 29.0 Å². The minimum atomic E-state index is 0.817. The van der Waals surface area contributed by atoms with Crippen LogP contribution in [0.1, 0.15) is 12.5 Å². The first-order valence-electron chi connectivity index (χ1n) is 5.95. The van der Waals surface area contributed by atoms with Crippen LogP contribution in [0, 0.1) is 0 Å². The zero-order valence-electron chi connectivity index (χ0n) is 10.6. The van der Waals surface area contributed by atoms with Crippen molar-refractivity contribution in [3.8, 4) is 5.75 Å². The molecule has 0 saturated carbocycles. The Balaban J connectivity index is 2.01. The van der Waals surface area contributed by atoms with Gasteiger partial charge in [-0.15, -0.1) is 0 Å². The molecule has 1 aromatic heterocycles. The Hall–Kier alpha value is -1.42. The molecule has 0 amide bonds. The molecule has 3 nitrogen and oxygen atoms in total. The largest absolute Gasteiger partial charge is 0.495 e. The first-order chi connectivity index (χ1) is 8.72. The number of aromatic nitrogens is 1. The van der Waals surface area contributed by atoms with Gasteiger partial charge in [-0.3, -0.25) is 0 Å². The van der Waals surface area contributed by atoms with Gasteiger partial charge in [-0.25, -0.2) is 0 Å². The predicted octanol–water partition coefficient (Wildman–Crippen LogP) is 3.89. The molecule has 2 rings (SSSR count). The molecule has 0 unspecified atom stereocenters. The van der Waals surface area contributed by atoms with Crippen molar-refractivity contribution < 1.29 is 4.74 Å². The molecule has 1 heterocycles. The van der Waals surface area contributed by atoms with E-state index in [2.05, 4.69) is 51.2 Å². The van der Waals surface area contributed by atoms with Gasteiger partial charge in [0.05, 0.1) is 11.6 Å². The molecule has 0 bridgehead atoms. The second-order valence-electron chi connectivity index (χ2n) is 4.05. The highest BCUT2D eigenvalue weighted by molar-refractivity contribution is 9.10. The summed E-state index contributed by atoms with van der Waals surface area (Å²) >= 11 is 3.44. The molecule has 2 aromatic rings. The Morgan fingerprint density at radius 1 is 1.33 bits per heavy atom. The molecule has 0 aliphatic heterocycles. The third-order valence-corrected chi connectivity index (χ3v) is 3.48. The van der Waals surface area contributed by atoms with Crippen molar-refractivity contribution in [2.75, 3.05) is 12.4 Å². The van der Waals surface area contributed by atoms with E-state index in [-0.39, 0.29) is 0 Å². The Kier molecular flexibility index (Phi) is 4.31. The van der Waals surface area contributed by atoms with Crippen LogP contribution in [0.25, 0.3) is 0 Å². The number of ether oxygens (including phenoxy) is 1. The molecule has 0 atom stereocenters. The lowest BCUT2D eigenvalue weighted by Gasteiger charge is -2.08. The van der Waals surface area contributed by atoms with E-state index in [4.69, 9.17) is 4.74 Å². The lowest BCUT2D eigenvalue weighted by Crippen LogP contribution is -1.99. The fraction of sp³-hybridized carbons (Fsp3) is 0.286. The van der Waals surface area contributed by atoms with Crippen LogP contribution in [0.15, 0.2) is 41.1 Å². The molecular formula is C14H17BrN2O. The van der Waals surface area contributed by atoms with E-state index in [0.29, 0.717) is 0 Å². The van der Waals surface area contributed by atoms with Gasteiger partial charge in [0, 0.05) is 37.2 Å². The summed E-state index contributed by atoms with van der Waals surface area (Å²) in [6, 6.07) is 8.13. The number of halogens is 1. The number of benzene rings is 1. The Bertz CT molecular complexity index is 522. The van der Waals surface area contributed by atoms with Gasteiger partial charge in [-0.1, -0.05) is 0 Å². The Labute approximate surface area is 116 Å². The molecule has 0 fully saturated rings. The lowest BCUT2D eigenvalue weighted by atomic mass is 10.2. The molecule has 0 spiro atoms. The number of anilines is 1. The summed E-state index contributed by atoms with van der Waals surface area (Å²) < 4.78 is 8.40. The number of hydrogen-bond acceptors (Lipinski definition) is 2. The van der Waals surface area contributed by atoms with Crippen molar-refractivity contribution in [3.63, 3.8) is 0 Å². The molecule has 1 aromatic carbocycles. The monoisotopic (exact) mass is 308 g/mol. The Morgan fingerprint density at radius 2 is 2.17 bits per heavy atom. The maximum absolute atomic E-state index is 5.27. The van der Waals surface area contributed by atoms with Gasteiger partial charge in [0.25, 0.3) is 0 Å². The summed E-state index contributed by atoms with van der Waals surface area (Å²) in [6.07, 6.45) is 4.25. The van der Waals surface area contributed by atoms with E-state index in [1.165, 1.54) is 5.56 Å². The number of methoxy groups -OCH3 is 1. The van der Waals surface area contributed by atoms with Crippen LogP contribution in [0.2, 0.25) is 0 Å². The van der Waals surface area contributed by atoms with Crippen molar-refractivity contribution in [1.82, 2.24) is 4.57 Å². The maximum atomic E-state index is 5.27. The van der Waals surface area contributed by atoms with Crippen molar-refractivity contribution in [1.29, 1.82) is 0 Å². The summed E-state index contributed by atoms with van der Waals surface area (Å²) in [5.74, 6) is 0.839. The normalized spacial score (nSPS) is 10.4. The predicted molar refractivity (Wildman–Crippen MR) is 78.1 cm³/mol. The minimum absolute atomic E-state index is 0.817. The smallest absolute Gasteiger partial charge is 0.135 e. The molecule has 96 valence electrons. The molecule has 1 N–H and O–H groups in total. The van der Waals surface area contributed by atoms with E-state index in [1.54, 1.807) is 7.11 Å². The summed E-state index contributed by atoms with van der Waals surface area (Å²) in [6.45, 7) is 3.96. The van der Waals surface area contributed by atoms with Crippen molar-refractivity contribution >= 4 is 21.6 Å². The standard InChI is InChI=1S/C14H17BrN2O/c1-3-17-7-6-11(10-17)9-16-12-4-5-13(15)14(8-12)18-2/h4-8,10,16H,3,9H2,1-2H3. The molecule has 18 heavy (non-hydrogen) atoms. The molecule has 0 aliphatic rings. The second-order valence-corrected chi connectivity index (χ2v) is 4.91. The highest BCUT2D eigenvalue weighted by Gasteiger charge is 2.02. The number of hydrogen-bond donors (Lipinski definition) is 1. The SMILES string of the molecule is CCn1ccc(CNc2ccc(Br)c(OC)c2)c1. The van der Waals surface area contributed by atoms with Crippen molar-refractivity contribution in [3.05, 3.63) is 46.7 Å². The first-order valence-corrected chi connectivity index (χ1v) is 6.74. The maximum Gasteiger partial charge on any atom is 0.135 e. The third kappa shape index (κ3) is 3.07. The molecule has 0 saturated heterocycles. The fourth-order valence-electron chi connectivity index (χ4n) is 1.77. The van der Waals surface area contributed by atoms with E-state index >= 15 is 0 Å². The fourth-order valence-corrected chi connectivity index (χ4v) is 2.17. The van der Waals surface area contributed by atoms with Gasteiger partial charge in [-0.2, -0.15) is 0 Å². The van der Waals surface area contributed by atoms with Crippen LogP contribution >= 0.6 is 15.9 Å². The summed E-state index contributed by atoms with van der Waals surface area (Å²) in [5, 5.41) is 3.39. The lowest BCUT2D eigenvalue weighted by molar-refractivity contribution is 0.412. The highest BCUT2D eigenvalue weighted by Crippen LogP contribution is 2.28. The van der Waals surface area contributed by atoms with Crippen LogP contribution < -0.4 is 10.1 Å². The zero-order valence-corrected chi connectivity index (χ0v) is 12.2. The average molecular weight is 309 g/mol. The average Bonchev–Trinajstić information content (AvgIpc) is 2.86. The zero-order chi connectivity index (χ0) is 13.0. The molecule has 0 aliphatic carbocycles. The van der Waals surface area contributed by atoms with Gasteiger partial charge in [0.1, 0.15) is 5.75 Å². The van der Waals surface area contributed by atoms with Crippen LogP contribution in [0.3, 0.4) is 0 Å². The summed E-state index contributed by atoms with van der Waals surface area (Å²) in [5.41, 5.74) is 2.33. The number of nitrogens with one attached hydrogen (secondary N) is 1. The third-order valence-electron chi connectivity index (χ3n) is 2.82. The second kappa shape index (κ2) is 5.96. The van der Waals surface area contributed by atoms with Crippen LogP contribution in [0.5, 0.6) is 5.75 Å². The number of rotatable bonds is 5. The quantitative estimate of drug-likeness (QED) is 0.907. The molecule has 0 radical (unpaired) electrons.